The lowest BCUT2D eigenvalue weighted by atomic mass is 9.53. The minimum absolute atomic E-state index is 0.273. The summed E-state index contributed by atoms with van der Waals surface area (Å²) in [5.41, 5.74) is 8.57. The molecular weight excluding hydrogens is 597 g/mol. The van der Waals surface area contributed by atoms with Crippen molar-refractivity contribution in [1.82, 2.24) is 15.0 Å². The summed E-state index contributed by atoms with van der Waals surface area (Å²) in [6.45, 7) is 7.06. The maximum atomic E-state index is 9.85. The van der Waals surface area contributed by atoms with Crippen molar-refractivity contribution < 1.29 is 0 Å². The van der Waals surface area contributed by atoms with Gasteiger partial charge >= 0.3 is 0 Å². The van der Waals surface area contributed by atoms with Gasteiger partial charge in [-0.1, -0.05) is 111 Å². The smallest absolute Gasteiger partial charge is 0.165 e. The fourth-order valence-electron chi connectivity index (χ4n) is 9.35. The van der Waals surface area contributed by atoms with Gasteiger partial charge in [0.05, 0.1) is 11.6 Å². The van der Waals surface area contributed by atoms with Gasteiger partial charge in [-0.2, -0.15) is 5.26 Å². The molecule has 49 heavy (non-hydrogen) atoms. The number of aromatic nitrogens is 3. The standard InChI is InChI=1S/C45H42N4/c1-4-31-24-32-22-29(2)25-45(26-31,27-32)41-21-20-39(38-16-10-11-17-40(38)41)36-19-18-34(23-30(36)3)43-47-42(33-12-6-5-7-13-33)48-44(49-43)37-15-9-8-14-35(37)28-46/h5-21,23,29,31-32H,4,22,24-27H2,1-3H3/t29-,31+,32-,45?/m1/s1. The number of fused-ring (bicyclic) bond motifs is 3. The van der Waals surface area contributed by atoms with Crippen molar-refractivity contribution in [3.05, 3.63) is 126 Å². The molecule has 242 valence electrons. The Balaban J connectivity index is 1.22. The number of hydrogen-bond acceptors (Lipinski definition) is 4. The van der Waals surface area contributed by atoms with Crippen LogP contribution in [0.2, 0.25) is 0 Å². The fourth-order valence-corrected chi connectivity index (χ4v) is 9.35. The number of benzene rings is 5. The molecule has 2 fully saturated rings. The van der Waals surface area contributed by atoms with E-state index in [0.717, 1.165) is 28.9 Å². The van der Waals surface area contributed by atoms with Crippen LogP contribution in [-0.2, 0) is 5.41 Å². The molecule has 8 rings (SSSR count). The van der Waals surface area contributed by atoms with Crippen molar-refractivity contribution in [2.24, 2.45) is 17.8 Å². The third-order valence-corrected chi connectivity index (χ3v) is 11.3. The van der Waals surface area contributed by atoms with Gasteiger partial charge in [-0.05, 0) is 113 Å². The molecule has 1 heterocycles. The highest BCUT2D eigenvalue weighted by atomic mass is 15.0. The Hall–Kier alpha value is -5.14. The molecule has 2 aliphatic rings. The summed E-state index contributed by atoms with van der Waals surface area (Å²) < 4.78 is 0. The van der Waals surface area contributed by atoms with Gasteiger partial charge < -0.3 is 0 Å². The summed E-state index contributed by atoms with van der Waals surface area (Å²) in [7, 11) is 0. The normalized spacial score (nSPS) is 21.7. The van der Waals surface area contributed by atoms with E-state index in [1.807, 2.05) is 48.5 Å². The van der Waals surface area contributed by atoms with Gasteiger partial charge in [-0.25, -0.2) is 15.0 Å². The van der Waals surface area contributed by atoms with E-state index in [1.54, 1.807) is 11.6 Å². The van der Waals surface area contributed by atoms with E-state index < -0.39 is 0 Å². The Morgan fingerprint density at radius 3 is 2.14 bits per heavy atom. The van der Waals surface area contributed by atoms with E-state index in [4.69, 9.17) is 15.0 Å². The summed E-state index contributed by atoms with van der Waals surface area (Å²) in [4.78, 5) is 14.7. The van der Waals surface area contributed by atoms with Crippen LogP contribution in [0.25, 0.3) is 56.1 Å². The average Bonchev–Trinajstić information content (AvgIpc) is 3.14. The Morgan fingerprint density at radius 2 is 1.37 bits per heavy atom. The predicted octanol–water partition coefficient (Wildman–Crippen LogP) is 11.4. The molecule has 0 amide bonds. The lowest BCUT2D eigenvalue weighted by Gasteiger charge is -2.51. The molecule has 5 aromatic carbocycles. The molecule has 0 saturated heterocycles. The predicted molar refractivity (Wildman–Crippen MR) is 200 cm³/mol. The first-order chi connectivity index (χ1) is 23.9. The highest BCUT2D eigenvalue weighted by Gasteiger charge is 2.46. The first kappa shape index (κ1) is 31.1. The van der Waals surface area contributed by atoms with E-state index in [2.05, 4.69) is 81.4 Å². The minimum atomic E-state index is 0.273. The number of aryl methyl sites for hydroxylation is 1. The van der Waals surface area contributed by atoms with Gasteiger partial charge in [-0.15, -0.1) is 0 Å². The molecule has 2 saturated carbocycles. The van der Waals surface area contributed by atoms with Crippen molar-refractivity contribution in [3.63, 3.8) is 0 Å². The Labute approximate surface area is 289 Å². The molecule has 2 bridgehead atoms. The topological polar surface area (TPSA) is 62.5 Å². The van der Waals surface area contributed by atoms with Crippen LogP contribution in [-0.4, -0.2) is 15.0 Å². The quantitative estimate of drug-likeness (QED) is 0.182. The fraction of sp³-hybridized carbons (Fsp3) is 0.289. The molecule has 0 aliphatic heterocycles. The molecule has 0 spiro atoms. The van der Waals surface area contributed by atoms with Gasteiger partial charge in [0, 0.05) is 16.7 Å². The summed E-state index contributed by atoms with van der Waals surface area (Å²) in [6, 6.07) is 40.3. The number of rotatable bonds is 6. The highest BCUT2D eigenvalue weighted by Crippen LogP contribution is 2.56. The molecule has 0 N–H and O–H groups in total. The van der Waals surface area contributed by atoms with Crippen LogP contribution < -0.4 is 0 Å². The molecule has 6 aromatic rings. The lowest BCUT2D eigenvalue weighted by molar-refractivity contribution is 0.0712. The third kappa shape index (κ3) is 5.72. The largest absolute Gasteiger partial charge is 0.208 e. The second kappa shape index (κ2) is 12.7. The zero-order chi connectivity index (χ0) is 33.5. The minimum Gasteiger partial charge on any atom is -0.208 e. The summed E-state index contributed by atoms with van der Waals surface area (Å²) in [5.74, 6) is 4.12. The summed E-state index contributed by atoms with van der Waals surface area (Å²) in [6.07, 6.45) is 8.04. The van der Waals surface area contributed by atoms with Crippen molar-refractivity contribution in [2.75, 3.05) is 0 Å². The second-order valence-electron chi connectivity index (χ2n) is 14.7. The molecule has 1 unspecified atom stereocenters. The summed E-state index contributed by atoms with van der Waals surface area (Å²) in [5, 5.41) is 12.6. The maximum Gasteiger partial charge on any atom is 0.165 e. The highest BCUT2D eigenvalue weighted by molar-refractivity contribution is 6.00. The Morgan fingerprint density at radius 1 is 0.673 bits per heavy atom. The average molecular weight is 639 g/mol. The molecule has 4 nitrogen and oxygen atoms in total. The SMILES string of the molecule is CC[C@H]1C[C@H]2C[C@@H](C)CC(c3ccc(-c4ccc(-c5nc(-c6ccccc6)nc(-c6ccccc6C#N)n5)cc4C)c4ccccc34)(C2)C1. The summed E-state index contributed by atoms with van der Waals surface area (Å²) >= 11 is 0. The van der Waals surface area contributed by atoms with Gasteiger partial charge in [0.2, 0.25) is 0 Å². The maximum absolute atomic E-state index is 9.85. The van der Waals surface area contributed by atoms with Crippen LogP contribution in [0.4, 0.5) is 0 Å². The van der Waals surface area contributed by atoms with Crippen LogP contribution in [0.5, 0.6) is 0 Å². The number of nitriles is 1. The van der Waals surface area contributed by atoms with E-state index in [1.165, 1.54) is 66.0 Å². The Kier molecular flexibility index (Phi) is 8.08. The third-order valence-electron chi connectivity index (χ3n) is 11.3. The van der Waals surface area contributed by atoms with E-state index in [-0.39, 0.29) is 5.41 Å². The van der Waals surface area contributed by atoms with E-state index in [0.29, 0.717) is 28.6 Å². The van der Waals surface area contributed by atoms with Gasteiger partial charge in [0.1, 0.15) is 0 Å². The van der Waals surface area contributed by atoms with Crippen molar-refractivity contribution in [2.45, 2.75) is 64.7 Å². The van der Waals surface area contributed by atoms with Crippen LogP contribution in [0.1, 0.15) is 69.1 Å². The molecule has 0 radical (unpaired) electrons. The monoisotopic (exact) mass is 638 g/mol. The lowest BCUT2D eigenvalue weighted by Crippen LogP contribution is -2.42. The zero-order valence-corrected chi connectivity index (χ0v) is 28.7. The first-order valence-corrected chi connectivity index (χ1v) is 17.9. The van der Waals surface area contributed by atoms with E-state index in [9.17, 15) is 5.26 Å². The second-order valence-corrected chi connectivity index (χ2v) is 14.7. The van der Waals surface area contributed by atoms with E-state index >= 15 is 0 Å². The molecule has 2 aliphatic carbocycles. The Bertz CT molecular complexity index is 2210. The first-order valence-electron chi connectivity index (χ1n) is 17.9. The molecule has 4 atom stereocenters. The number of nitrogens with zero attached hydrogens (tertiary/aromatic N) is 4. The van der Waals surface area contributed by atoms with Crippen molar-refractivity contribution >= 4 is 10.8 Å². The van der Waals surface area contributed by atoms with Crippen LogP contribution >= 0.6 is 0 Å². The molecular formula is C45H42N4. The van der Waals surface area contributed by atoms with Crippen LogP contribution in [0.3, 0.4) is 0 Å². The van der Waals surface area contributed by atoms with Gasteiger partial charge in [-0.3, -0.25) is 0 Å². The van der Waals surface area contributed by atoms with Crippen molar-refractivity contribution in [3.8, 4) is 51.4 Å². The van der Waals surface area contributed by atoms with Crippen LogP contribution in [0.15, 0.2) is 109 Å². The molecule has 1 aromatic heterocycles. The number of hydrogen-bond donors (Lipinski definition) is 0. The van der Waals surface area contributed by atoms with Gasteiger partial charge in [0.25, 0.3) is 0 Å². The van der Waals surface area contributed by atoms with Gasteiger partial charge in [0.15, 0.2) is 17.5 Å². The van der Waals surface area contributed by atoms with Crippen molar-refractivity contribution in [1.29, 1.82) is 5.26 Å². The zero-order valence-electron chi connectivity index (χ0n) is 28.7. The van der Waals surface area contributed by atoms with Crippen LogP contribution in [0, 0.1) is 36.0 Å². The molecule has 4 heteroatoms.